The van der Waals surface area contributed by atoms with E-state index in [0.29, 0.717) is 13.2 Å². The Labute approximate surface area is 111 Å². The zero-order valence-electron chi connectivity index (χ0n) is 11.7. The summed E-state index contributed by atoms with van der Waals surface area (Å²) in [6.07, 6.45) is 1.19. The summed E-state index contributed by atoms with van der Waals surface area (Å²) in [5.41, 5.74) is 0. The van der Waals surface area contributed by atoms with E-state index in [0.717, 1.165) is 32.2 Å². The summed E-state index contributed by atoms with van der Waals surface area (Å²) in [7, 11) is -0.403. The lowest BCUT2D eigenvalue weighted by Gasteiger charge is -2.41. The third-order valence-corrected chi connectivity index (χ3v) is 6.40. The number of nitrogens with zero attached hydrogens (tertiary/aromatic N) is 1. The maximum atomic E-state index is 6.23. The van der Waals surface area contributed by atoms with Gasteiger partial charge in [0.15, 0.2) is 0 Å². The van der Waals surface area contributed by atoms with Crippen molar-refractivity contribution in [3.8, 4) is 0 Å². The number of fused-ring (bicyclic) bond motifs is 2. The number of likely N-dealkylation sites (N-methyl/N-ethyl adjacent to an activating group) is 1. The van der Waals surface area contributed by atoms with Crippen LogP contribution in [0, 0.1) is 0 Å². The fourth-order valence-corrected chi connectivity index (χ4v) is 5.62. The van der Waals surface area contributed by atoms with Gasteiger partial charge < -0.3 is 22.9 Å². The van der Waals surface area contributed by atoms with Crippen LogP contribution in [0.25, 0.3) is 0 Å². The largest absolute Gasteiger partial charge is 0.501 e. The van der Waals surface area contributed by atoms with Crippen molar-refractivity contribution in [1.82, 2.24) is 4.90 Å². The molecule has 2 bridgehead atoms. The van der Waals surface area contributed by atoms with Crippen molar-refractivity contribution in [2.75, 3.05) is 40.0 Å². The van der Waals surface area contributed by atoms with Crippen molar-refractivity contribution in [3.63, 3.8) is 0 Å². The smallest absolute Gasteiger partial charge is 0.379 e. The first-order valence-corrected chi connectivity index (χ1v) is 8.82. The predicted molar refractivity (Wildman–Crippen MR) is 70.5 cm³/mol. The van der Waals surface area contributed by atoms with Crippen molar-refractivity contribution in [3.05, 3.63) is 0 Å². The van der Waals surface area contributed by atoms with Gasteiger partial charge in [-0.3, -0.25) is 0 Å². The van der Waals surface area contributed by atoms with Crippen LogP contribution in [-0.2, 0) is 18.0 Å². The minimum atomic E-state index is -2.50. The Morgan fingerprint density at radius 1 is 1.33 bits per heavy atom. The van der Waals surface area contributed by atoms with Crippen molar-refractivity contribution in [2.24, 2.45) is 0 Å². The lowest BCUT2D eigenvalue weighted by atomic mass is 10.3. The average molecular weight is 275 g/mol. The fourth-order valence-electron chi connectivity index (χ4n) is 2.69. The molecule has 0 spiro atoms. The summed E-state index contributed by atoms with van der Waals surface area (Å²) < 4.78 is 24.0. The maximum Gasteiger partial charge on any atom is 0.501 e. The van der Waals surface area contributed by atoms with Gasteiger partial charge in [-0.1, -0.05) is 0 Å². The van der Waals surface area contributed by atoms with Crippen LogP contribution in [0.3, 0.4) is 0 Å². The highest BCUT2D eigenvalue weighted by Gasteiger charge is 2.46. The van der Waals surface area contributed by atoms with Crippen LogP contribution >= 0.6 is 0 Å². The molecule has 0 saturated carbocycles. The summed E-state index contributed by atoms with van der Waals surface area (Å²) in [4.78, 5) is 2.24. The topological polar surface area (TPSA) is 40.2 Å². The van der Waals surface area contributed by atoms with Gasteiger partial charge in [0.1, 0.15) is 0 Å². The second kappa shape index (κ2) is 6.45. The summed E-state index contributed by atoms with van der Waals surface area (Å²) >= 11 is 0. The van der Waals surface area contributed by atoms with Crippen molar-refractivity contribution < 1.29 is 18.0 Å². The van der Waals surface area contributed by atoms with E-state index in [1.54, 1.807) is 0 Å². The van der Waals surface area contributed by atoms with Gasteiger partial charge in [0.25, 0.3) is 0 Å². The maximum absolute atomic E-state index is 6.23. The van der Waals surface area contributed by atoms with E-state index in [1.807, 2.05) is 6.92 Å². The molecule has 0 aromatic carbocycles. The van der Waals surface area contributed by atoms with E-state index < -0.39 is 8.80 Å². The number of rotatable bonds is 2. The molecule has 5 nitrogen and oxygen atoms in total. The first kappa shape index (κ1) is 14.4. The Morgan fingerprint density at radius 2 is 2.17 bits per heavy atom. The highest BCUT2D eigenvalue weighted by molar-refractivity contribution is 6.60. The average Bonchev–Trinajstić information content (AvgIpc) is 2.23. The highest BCUT2D eigenvalue weighted by Crippen LogP contribution is 2.26. The molecule has 2 fully saturated rings. The zero-order valence-corrected chi connectivity index (χ0v) is 12.7. The minimum Gasteiger partial charge on any atom is -0.379 e. The highest BCUT2D eigenvalue weighted by atomic mass is 28.4. The predicted octanol–water partition coefficient (Wildman–Crippen LogP) is 1.12. The van der Waals surface area contributed by atoms with Gasteiger partial charge in [-0.25, -0.2) is 0 Å². The molecule has 2 rings (SSSR count). The van der Waals surface area contributed by atoms with Crippen LogP contribution in [0.4, 0.5) is 0 Å². The summed E-state index contributed by atoms with van der Waals surface area (Å²) in [5.74, 6) is 0. The fraction of sp³-hybridized carbons (Fsp3) is 1.00. The van der Waals surface area contributed by atoms with Crippen LogP contribution in [0.1, 0.15) is 20.3 Å². The van der Waals surface area contributed by atoms with E-state index in [4.69, 9.17) is 18.0 Å². The third kappa shape index (κ3) is 3.75. The molecule has 0 amide bonds. The molecule has 0 N–H and O–H groups in total. The number of hydrogen-bond donors (Lipinski definition) is 0. The van der Waals surface area contributed by atoms with Gasteiger partial charge in [-0.15, -0.1) is 0 Å². The molecule has 3 unspecified atom stereocenters. The molecule has 18 heavy (non-hydrogen) atoms. The first-order valence-electron chi connectivity index (χ1n) is 6.89. The van der Waals surface area contributed by atoms with Crippen LogP contribution in [0.15, 0.2) is 0 Å². The van der Waals surface area contributed by atoms with Crippen LogP contribution in [-0.4, -0.2) is 65.9 Å². The Morgan fingerprint density at radius 3 is 2.94 bits per heavy atom. The van der Waals surface area contributed by atoms with Gasteiger partial charge in [-0.2, -0.15) is 0 Å². The molecule has 106 valence electrons. The first-order chi connectivity index (χ1) is 8.63. The summed E-state index contributed by atoms with van der Waals surface area (Å²) in [6, 6.07) is 0.866. The number of ether oxygens (including phenoxy) is 1. The quantitative estimate of drug-likeness (QED) is 0.706. The van der Waals surface area contributed by atoms with Gasteiger partial charge >= 0.3 is 8.80 Å². The van der Waals surface area contributed by atoms with Crippen molar-refractivity contribution in [2.45, 2.75) is 38.5 Å². The SMILES string of the molecule is CCO[Si]12CCCOCC(CN(C)CC(C)O1)O2. The van der Waals surface area contributed by atoms with E-state index in [-0.39, 0.29) is 12.2 Å². The van der Waals surface area contributed by atoms with Gasteiger partial charge in [0.05, 0.1) is 18.8 Å². The monoisotopic (exact) mass is 275 g/mol. The van der Waals surface area contributed by atoms with Gasteiger partial charge in [0.2, 0.25) is 0 Å². The van der Waals surface area contributed by atoms with Gasteiger partial charge in [0, 0.05) is 32.3 Å². The number of hydrogen-bond acceptors (Lipinski definition) is 5. The zero-order chi connectivity index (χ0) is 13.0. The molecule has 0 radical (unpaired) electrons. The van der Waals surface area contributed by atoms with Crippen molar-refractivity contribution >= 4 is 8.80 Å². The van der Waals surface area contributed by atoms with E-state index in [9.17, 15) is 0 Å². The lowest BCUT2D eigenvalue weighted by Crippen LogP contribution is -2.57. The van der Waals surface area contributed by atoms with E-state index >= 15 is 0 Å². The van der Waals surface area contributed by atoms with E-state index in [1.165, 1.54) is 0 Å². The van der Waals surface area contributed by atoms with Gasteiger partial charge in [-0.05, 0) is 27.3 Å². The van der Waals surface area contributed by atoms with Crippen LogP contribution in [0.5, 0.6) is 0 Å². The Kier molecular flexibility index (Phi) is 5.17. The molecular weight excluding hydrogens is 250 g/mol. The van der Waals surface area contributed by atoms with Crippen LogP contribution < -0.4 is 0 Å². The van der Waals surface area contributed by atoms with Crippen LogP contribution in [0.2, 0.25) is 6.04 Å². The molecule has 2 saturated heterocycles. The molecule has 2 heterocycles. The molecule has 6 heteroatoms. The summed E-state index contributed by atoms with van der Waals surface area (Å²) in [5, 5.41) is 0. The molecule has 0 aromatic heterocycles. The van der Waals surface area contributed by atoms with E-state index in [2.05, 4.69) is 18.9 Å². The molecule has 2 aliphatic rings. The normalized spacial score (nSPS) is 39.5. The standard InChI is InChI=1S/C12H25NO4Si/c1-4-15-18-7-5-6-14-10-12(17-18)9-13(3)8-11(2)16-18/h11-12H,4-10H2,1-3H3. The Hall–Kier alpha value is 0.0169. The lowest BCUT2D eigenvalue weighted by molar-refractivity contribution is -0.0659. The third-order valence-electron chi connectivity index (χ3n) is 3.25. The molecule has 0 aliphatic carbocycles. The Bertz CT molecular complexity index is 268. The Balaban J connectivity index is 2.14. The molecule has 2 aliphatic heterocycles. The molecule has 0 aromatic rings. The second-order valence-electron chi connectivity index (χ2n) is 5.18. The molecular formula is C12H25NO4Si. The second-order valence-corrected chi connectivity index (χ2v) is 7.81. The minimum absolute atomic E-state index is 0.0704. The molecule has 3 atom stereocenters. The van der Waals surface area contributed by atoms with Crippen molar-refractivity contribution in [1.29, 1.82) is 0 Å². The summed E-state index contributed by atoms with van der Waals surface area (Å²) in [6.45, 7) is 7.99.